The zero-order chi connectivity index (χ0) is 17.5. The highest BCUT2D eigenvalue weighted by Gasteiger charge is 2.19. The number of ether oxygens (including phenoxy) is 1. The summed E-state index contributed by atoms with van der Waals surface area (Å²) in [6, 6.07) is 10.1. The monoisotopic (exact) mass is 344 g/mol. The fourth-order valence-electron chi connectivity index (χ4n) is 3.18. The van der Waals surface area contributed by atoms with E-state index in [0.29, 0.717) is 19.8 Å². The molecule has 6 nitrogen and oxygen atoms in total. The molecule has 1 aliphatic heterocycles. The molecule has 1 aromatic carbocycles. The standard InChI is InChI=1S/C19H28N4O2/c1-21-12-18(11-20-21)13-22-7-9-23(10-8-22)14-19(24)16-25-15-17-5-3-2-4-6-17/h2-6,11-12,19,24H,7-10,13-16H2,1H3. The maximum absolute atomic E-state index is 10.2. The van der Waals surface area contributed by atoms with Gasteiger partial charge in [-0.15, -0.1) is 0 Å². The zero-order valence-corrected chi connectivity index (χ0v) is 14.9. The molecule has 0 amide bonds. The Bertz CT molecular complexity index is 623. The first-order chi connectivity index (χ1) is 12.2. The van der Waals surface area contributed by atoms with Crippen LogP contribution in [0.3, 0.4) is 0 Å². The number of piperazine rings is 1. The van der Waals surface area contributed by atoms with Crippen LogP contribution in [0.4, 0.5) is 0 Å². The molecule has 1 aromatic heterocycles. The van der Waals surface area contributed by atoms with E-state index in [0.717, 1.165) is 38.3 Å². The van der Waals surface area contributed by atoms with Crippen LogP contribution in [0.25, 0.3) is 0 Å². The van der Waals surface area contributed by atoms with Gasteiger partial charge in [-0.25, -0.2) is 0 Å². The topological polar surface area (TPSA) is 53.8 Å². The third kappa shape index (κ3) is 5.93. The van der Waals surface area contributed by atoms with Gasteiger partial charge in [-0.3, -0.25) is 14.5 Å². The van der Waals surface area contributed by atoms with Crippen molar-refractivity contribution in [2.75, 3.05) is 39.3 Å². The number of rotatable bonds is 8. The van der Waals surface area contributed by atoms with Crippen LogP contribution >= 0.6 is 0 Å². The van der Waals surface area contributed by atoms with E-state index >= 15 is 0 Å². The second-order valence-corrected chi connectivity index (χ2v) is 6.75. The van der Waals surface area contributed by atoms with Gasteiger partial charge in [-0.1, -0.05) is 30.3 Å². The van der Waals surface area contributed by atoms with Gasteiger partial charge in [0, 0.05) is 58.1 Å². The average molecular weight is 344 g/mol. The van der Waals surface area contributed by atoms with Gasteiger partial charge in [0.25, 0.3) is 0 Å². The largest absolute Gasteiger partial charge is 0.389 e. The number of β-amino-alcohol motifs (C(OH)–C–C–N with tert-alkyl or cyclic N) is 1. The Balaban J connectivity index is 1.31. The molecule has 0 bridgehead atoms. The van der Waals surface area contributed by atoms with Crippen molar-refractivity contribution in [2.45, 2.75) is 19.3 Å². The van der Waals surface area contributed by atoms with E-state index in [1.807, 2.05) is 48.3 Å². The molecule has 1 saturated heterocycles. The fourth-order valence-corrected chi connectivity index (χ4v) is 3.18. The molecule has 1 N–H and O–H groups in total. The van der Waals surface area contributed by atoms with E-state index in [2.05, 4.69) is 21.1 Å². The first kappa shape index (κ1) is 18.1. The Kier molecular flexibility index (Phi) is 6.58. The fraction of sp³-hybridized carbons (Fsp3) is 0.526. The Morgan fingerprint density at radius 2 is 1.80 bits per heavy atom. The molecule has 25 heavy (non-hydrogen) atoms. The van der Waals surface area contributed by atoms with Gasteiger partial charge in [0.15, 0.2) is 0 Å². The predicted molar refractivity (Wildman–Crippen MR) is 97.0 cm³/mol. The van der Waals surface area contributed by atoms with E-state index in [9.17, 15) is 5.11 Å². The maximum Gasteiger partial charge on any atom is 0.0900 e. The lowest BCUT2D eigenvalue weighted by Gasteiger charge is -2.35. The van der Waals surface area contributed by atoms with Crippen LogP contribution in [-0.4, -0.2) is 70.1 Å². The van der Waals surface area contributed by atoms with E-state index < -0.39 is 6.10 Å². The number of hydrogen-bond donors (Lipinski definition) is 1. The molecule has 136 valence electrons. The average Bonchev–Trinajstić information content (AvgIpc) is 3.02. The molecule has 1 unspecified atom stereocenters. The summed E-state index contributed by atoms with van der Waals surface area (Å²) in [7, 11) is 1.95. The highest BCUT2D eigenvalue weighted by atomic mass is 16.5. The third-order valence-corrected chi connectivity index (χ3v) is 4.52. The second kappa shape index (κ2) is 9.10. The minimum Gasteiger partial charge on any atom is -0.389 e. The molecule has 6 heteroatoms. The SMILES string of the molecule is Cn1cc(CN2CCN(CC(O)COCc3ccccc3)CC2)cn1. The van der Waals surface area contributed by atoms with Gasteiger partial charge in [-0.2, -0.15) is 5.10 Å². The van der Waals surface area contributed by atoms with Crippen molar-refractivity contribution in [1.29, 1.82) is 0 Å². The minimum absolute atomic E-state index is 0.380. The summed E-state index contributed by atoms with van der Waals surface area (Å²) in [4.78, 5) is 4.75. The summed E-state index contributed by atoms with van der Waals surface area (Å²) >= 11 is 0. The van der Waals surface area contributed by atoms with Gasteiger partial charge in [0.05, 0.1) is 25.5 Å². The number of nitrogens with zero attached hydrogens (tertiary/aromatic N) is 4. The second-order valence-electron chi connectivity index (χ2n) is 6.75. The molecule has 0 spiro atoms. The summed E-state index contributed by atoms with van der Waals surface area (Å²) < 4.78 is 7.47. The summed E-state index contributed by atoms with van der Waals surface area (Å²) in [5, 5.41) is 14.4. The normalized spacial score (nSPS) is 17.7. The smallest absolute Gasteiger partial charge is 0.0900 e. The van der Waals surface area contributed by atoms with Crippen molar-refractivity contribution in [3.8, 4) is 0 Å². The zero-order valence-electron chi connectivity index (χ0n) is 14.9. The summed E-state index contributed by atoms with van der Waals surface area (Å²) in [5.41, 5.74) is 2.39. The lowest BCUT2D eigenvalue weighted by molar-refractivity contribution is 0.000877. The van der Waals surface area contributed by atoms with E-state index in [4.69, 9.17) is 4.74 Å². The van der Waals surface area contributed by atoms with Crippen LogP contribution in [-0.2, 0) is 24.9 Å². The van der Waals surface area contributed by atoms with Gasteiger partial charge >= 0.3 is 0 Å². The number of hydrogen-bond acceptors (Lipinski definition) is 5. The summed E-state index contributed by atoms with van der Waals surface area (Å²) in [6.45, 7) is 6.56. The Morgan fingerprint density at radius 1 is 1.08 bits per heavy atom. The molecule has 0 aliphatic carbocycles. The quantitative estimate of drug-likeness (QED) is 0.778. The molecule has 2 heterocycles. The maximum atomic E-state index is 10.2. The van der Waals surface area contributed by atoms with Gasteiger partial charge in [0.2, 0.25) is 0 Å². The van der Waals surface area contributed by atoms with E-state index in [1.54, 1.807) is 0 Å². The first-order valence-corrected chi connectivity index (χ1v) is 8.91. The Morgan fingerprint density at radius 3 is 2.48 bits per heavy atom. The molecule has 1 atom stereocenters. The molecule has 0 saturated carbocycles. The Hall–Kier alpha value is -1.73. The molecular weight excluding hydrogens is 316 g/mol. The van der Waals surface area contributed by atoms with Crippen molar-refractivity contribution in [2.24, 2.45) is 7.05 Å². The van der Waals surface area contributed by atoms with Crippen molar-refractivity contribution < 1.29 is 9.84 Å². The van der Waals surface area contributed by atoms with Crippen LogP contribution < -0.4 is 0 Å². The van der Waals surface area contributed by atoms with E-state index in [-0.39, 0.29) is 0 Å². The van der Waals surface area contributed by atoms with Crippen LogP contribution in [0, 0.1) is 0 Å². The first-order valence-electron chi connectivity index (χ1n) is 8.91. The molecule has 2 aromatic rings. The Labute approximate surface area is 149 Å². The molecule has 3 rings (SSSR count). The summed E-state index contributed by atoms with van der Waals surface area (Å²) in [5.74, 6) is 0. The van der Waals surface area contributed by atoms with Crippen molar-refractivity contribution in [3.63, 3.8) is 0 Å². The van der Waals surface area contributed by atoms with Crippen LogP contribution in [0.5, 0.6) is 0 Å². The highest BCUT2D eigenvalue weighted by molar-refractivity contribution is 5.13. The van der Waals surface area contributed by atoms with Crippen LogP contribution in [0.2, 0.25) is 0 Å². The van der Waals surface area contributed by atoms with Gasteiger partial charge in [-0.05, 0) is 5.56 Å². The van der Waals surface area contributed by atoms with Gasteiger partial charge < -0.3 is 9.84 Å². The number of aliphatic hydroxyl groups is 1. The number of aryl methyl sites for hydroxylation is 1. The van der Waals surface area contributed by atoms with Crippen LogP contribution in [0.1, 0.15) is 11.1 Å². The number of aliphatic hydroxyl groups excluding tert-OH is 1. The predicted octanol–water partition coefficient (Wildman–Crippen LogP) is 1.12. The highest BCUT2D eigenvalue weighted by Crippen LogP contribution is 2.08. The van der Waals surface area contributed by atoms with Crippen LogP contribution in [0.15, 0.2) is 42.7 Å². The van der Waals surface area contributed by atoms with Crippen molar-refractivity contribution in [1.82, 2.24) is 19.6 Å². The lowest BCUT2D eigenvalue weighted by atomic mass is 10.2. The van der Waals surface area contributed by atoms with Crippen molar-refractivity contribution >= 4 is 0 Å². The lowest BCUT2D eigenvalue weighted by Crippen LogP contribution is -2.48. The molecule has 1 aliphatic rings. The molecule has 1 fully saturated rings. The van der Waals surface area contributed by atoms with E-state index in [1.165, 1.54) is 5.56 Å². The number of aromatic nitrogens is 2. The van der Waals surface area contributed by atoms with Crippen molar-refractivity contribution in [3.05, 3.63) is 53.9 Å². The number of benzene rings is 1. The minimum atomic E-state index is -0.436. The summed E-state index contributed by atoms with van der Waals surface area (Å²) in [6.07, 6.45) is 3.56. The molecular formula is C19H28N4O2. The molecule has 0 radical (unpaired) electrons. The van der Waals surface area contributed by atoms with Gasteiger partial charge in [0.1, 0.15) is 0 Å². The third-order valence-electron chi connectivity index (χ3n) is 4.52.